The fourth-order valence-corrected chi connectivity index (χ4v) is 4.94. The fraction of sp³-hybridized carbons (Fsp3) is 0.400. The van der Waals surface area contributed by atoms with E-state index < -0.39 is 0 Å². The van der Waals surface area contributed by atoms with Crippen molar-refractivity contribution < 1.29 is 4.79 Å². The van der Waals surface area contributed by atoms with E-state index in [1.807, 2.05) is 43.4 Å². The highest BCUT2D eigenvalue weighted by Crippen LogP contribution is 2.25. The molecule has 0 radical (unpaired) electrons. The molecule has 3 aromatic rings. The number of aromatic nitrogens is 3. The van der Waals surface area contributed by atoms with Gasteiger partial charge in [0.25, 0.3) is 0 Å². The molecule has 0 saturated carbocycles. The van der Waals surface area contributed by atoms with Crippen molar-refractivity contribution in [1.82, 2.24) is 24.6 Å². The van der Waals surface area contributed by atoms with Crippen LogP contribution < -0.4 is 0 Å². The molecule has 0 N–H and O–H groups in total. The maximum absolute atomic E-state index is 12.9. The number of benzene rings is 2. The summed E-state index contributed by atoms with van der Waals surface area (Å²) < 4.78 is 2.10. The van der Waals surface area contributed by atoms with Crippen LogP contribution in [0.4, 0.5) is 0 Å². The molecule has 0 spiro atoms. The lowest BCUT2D eigenvalue weighted by atomic mass is 10.1. The van der Waals surface area contributed by atoms with Crippen LogP contribution in [0.5, 0.6) is 0 Å². The molecule has 6 nitrogen and oxygen atoms in total. The molecule has 1 aromatic heterocycles. The molecule has 1 unspecified atom stereocenters. The Morgan fingerprint density at radius 3 is 2.34 bits per heavy atom. The standard InChI is InChI=1S/C25H31N5OS/c1-20(21-12-6-3-7-13-21)28(2)24(31)19-32-25-27-26-23(18-29-16-10-5-11-17-29)30(25)22-14-8-4-9-15-22/h3-4,6-9,12-15,20H,5,10-11,16-19H2,1-2H3. The molecule has 32 heavy (non-hydrogen) atoms. The summed E-state index contributed by atoms with van der Waals surface area (Å²) >= 11 is 1.45. The van der Waals surface area contributed by atoms with Crippen molar-refractivity contribution >= 4 is 17.7 Å². The first-order valence-electron chi connectivity index (χ1n) is 11.3. The molecular formula is C25H31N5OS. The second-order valence-corrected chi connectivity index (χ2v) is 9.23. The van der Waals surface area contributed by atoms with Gasteiger partial charge in [-0.3, -0.25) is 14.3 Å². The quantitative estimate of drug-likeness (QED) is 0.472. The van der Waals surface area contributed by atoms with E-state index in [9.17, 15) is 4.79 Å². The van der Waals surface area contributed by atoms with Crippen molar-refractivity contribution in [3.8, 4) is 5.69 Å². The van der Waals surface area contributed by atoms with Crippen LogP contribution in [-0.2, 0) is 11.3 Å². The Hall–Kier alpha value is -2.64. The van der Waals surface area contributed by atoms with Gasteiger partial charge < -0.3 is 4.90 Å². The van der Waals surface area contributed by atoms with E-state index in [0.717, 1.165) is 41.9 Å². The lowest BCUT2D eigenvalue weighted by Gasteiger charge is -2.26. The summed E-state index contributed by atoms with van der Waals surface area (Å²) in [5.41, 5.74) is 2.16. The number of carbonyl (C=O) groups excluding carboxylic acids is 1. The topological polar surface area (TPSA) is 54.3 Å². The number of piperidine rings is 1. The third-order valence-corrected chi connectivity index (χ3v) is 7.02. The number of nitrogens with zero attached hydrogens (tertiary/aromatic N) is 5. The van der Waals surface area contributed by atoms with Crippen molar-refractivity contribution in [3.05, 3.63) is 72.1 Å². The number of carbonyl (C=O) groups is 1. The Kier molecular flexibility index (Phi) is 7.60. The molecule has 1 atom stereocenters. The second kappa shape index (κ2) is 10.8. The van der Waals surface area contributed by atoms with E-state index in [1.54, 1.807) is 4.90 Å². The first-order chi connectivity index (χ1) is 15.6. The minimum Gasteiger partial charge on any atom is -0.338 e. The Morgan fingerprint density at radius 1 is 1.00 bits per heavy atom. The summed E-state index contributed by atoms with van der Waals surface area (Å²) in [6.45, 7) is 5.04. The van der Waals surface area contributed by atoms with Crippen molar-refractivity contribution in [1.29, 1.82) is 0 Å². The van der Waals surface area contributed by atoms with Gasteiger partial charge in [-0.25, -0.2) is 0 Å². The van der Waals surface area contributed by atoms with Crippen LogP contribution in [0.2, 0.25) is 0 Å². The van der Waals surface area contributed by atoms with Gasteiger partial charge in [0.2, 0.25) is 5.91 Å². The van der Waals surface area contributed by atoms with Gasteiger partial charge in [0.15, 0.2) is 11.0 Å². The predicted octanol–water partition coefficient (Wildman–Crippen LogP) is 4.56. The largest absolute Gasteiger partial charge is 0.338 e. The number of amides is 1. The highest BCUT2D eigenvalue weighted by molar-refractivity contribution is 7.99. The van der Waals surface area contributed by atoms with E-state index >= 15 is 0 Å². The summed E-state index contributed by atoms with van der Waals surface area (Å²) in [7, 11) is 1.87. The van der Waals surface area contributed by atoms with E-state index in [-0.39, 0.29) is 11.9 Å². The number of hydrogen-bond acceptors (Lipinski definition) is 5. The predicted molar refractivity (Wildman–Crippen MR) is 129 cm³/mol. The highest BCUT2D eigenvalue weighted by Gasteiger charge is 2.22. The molecule has 168 valence electrons. The molecule has 2 heterocycles. The summed E-state index contributed by atoms with van der Waals surface area (Å²) in [5.74, 6) is 1.33. The average Bonchev–Trinajstić information content (AvgIpc) is 3.25. The van der Waals surface area contributed by atoms with Crippen LogP contribution in [0.15, 0.2) is 65.8 Å². The first-order valence-corrected chi connectivity index (χ1v) is 12.3. The smallest absolute Gasteiger partial charge is 0.233 e. The molecule has 7 heteroatoms. The average molecular weight is 450 g/mol. The molecule has 0 bridgehead atoms. The minimum absolute atomic E-state index is 0.0194. The monoisotopic (exact) mass is 449 g/mol. The third-order valence-electron chi connectivity index (χ3n) is 6.11. The van der Waals surface area contributed by atoms with E-state index in [4.69, 9.17) is 0 Å². The van der Waals surface area contributed by atoms with Crippen LogP contribution in [0.3, 0.4) is 0 Å². The van der Waals surface area contributed by atoms with E-state index in [0.29, 0.717) is 5.75 Å². The van der Waals surface area contributed by atoms with Crippen molar-refractivity contribution in [2.45, 2.75) is 43.9 Å². The second-order valence-electron chi connectivity index (χ2n) is 8.29. The van der Waals surface area contributed by atoms with Crippen molar-refractivity contribution in [3.63, 3.8) is 0 Å². The van der Waals surface area contributed by atoms with Crippen LogP contribution in [0.25, 0.3) is 5.69 Å². The maximum atomic E-state index is 12.9. The summed E-state index contributed by atoms with van der Waals surface area (Å²) in [5, 5.41) is 9.75. The zero-order valence-electron chi connectivity index (χ0n) is 18.9. The van der Waals surface area contributed by atoms with Gasteiger partial charge in [-0.2, -0.15) is 0 Å². The number of para-hydroxylation sites is 1. The molecule has 4 rings (SSSR count). The van der Waals surface area contributed by atoms with Crippen LogP contribution >= 0.6 is 11.8 Å². The summed E-state index contributed by atoms with van der Waals surface area (Å²) in [6, 6.07) is 20.3. The van der Waals surface area contributed by atoms with Gasteiger partial charge in [0, 0.05) is 12.7 Å². The molecular weight excluding hydrogens is 418 g/mol. The Bertz CT molecular complexity index is 1000. The Labute approximate surface area is 194 Å². The van der Waals surface area contributed by atoms with Crippen LogP contribution in [0.1, 0.15) is 43.6 Å². The lowest BCUT2D eigenvalue weighted by molar-refractivity contribution is -0.128. The van der Waals surface area contributed by atoms with Gasteiger partial charge in [-0.05, 0) is 50.6 Å². The van der Waals surface area contributed by atoms with Crippen molar-refractivity contribution in [2.24, 2.45) is 0 Å². The fourth-order valence-electron chi connectivity index (χ4n) is 4.05. The Morgan fingerprint density at radius 2 is 1.66 bits per heavy atom. The zero-order valence-corrected chi connectivity index (χ0v) is 19.7. The molecule has 1 aliphatic heterocycles. The summed E-state index contributed by atoms with van der Waals surface area (Å²) in [6.07, 6.45) is 3.78. The van der Waals surface area contributed by atoms with Crippen LogP contribution in [0, 0.1) is 0 Å². The van der Waals surface area contributed by atoms with Gasteiger partial charge in [-0.15, -0.1) is 10.2 Å². The lowest BCUT2D eigenvalue weighted by Crippen LogP contribution is -2.31. The van der Waals surface area contributed by atoms with Gasteiger partial charge in [0.1, 0.15) is 0 Å². The number of thioether (sulfide) groups is 1. The Balaban J connectivity index is 1.48. The SMILES string of the molecule is CC(c1ccccc1)N(C)C(=O)CSc1nnc(CN2CCCCC2)n1-c1ccccc1. The van der Waals surface area contributed by atoms with E-state index in [2.05, 4.69) is 50.9 Å². The third kappa shape index (κ3) is 5.40. The van der Waals surface area contributed by atoms with Crippen LogP contribution in [-0.4, -0.2) is 56.4 Å². The number of hydrogen-bond donors (Lipinski definition) is 0. The van der Waals surface area contributed by atoms with Gasteiger partial charge in [-0.1, -0.05) is 66.7 Å². The molecule has 1 amide bonds. The number of likely N-dealkylation sites (tertiary alicyclic amines) is 1. The highest BCUT2D eigenvalue weighted by atomic mass is 32.2. The summed E-state index contributed by atoms with van der Waals surface area (Å²) in [4.78, 5) is 17.2. The first kappa shape index (κ1) is 22.6. The molecule has 2 aromatic carbocycles. The van der Waals surface area contributed by atoms with E-state index in [1.165, 1.54) is 31.0 Å². The van der Waals surface area contributed by atoms with Crippen molar-refractivity contribution in [2.75, 3.05) is 25.9 Å². The zero-order chi connectivity index (χ0) is 22.3. The minimum atomic E-state index is 0.0194. The van der Waals surface area contributed by atoms with Gasteiger partial charge >= 0.3 is 0 Å². The normalized spacial score (nSPS) is 15.4. The molecule has 1 aliphatic rings. The molecule has 0 aliphatic carbocycles. The molecule has 1 fully saturated rings. The molecule has 1 saturated heterocycles. The maximum Gasteiger partial charge on any atom is 0.233 e. The van der Waals surface area contributed by atoms with Gasteiger partial charge in [0.05, 0.1) is 18.3 Å². The number of rotatable bonds is 8.